The van der Waals surface area contributed by atoms with Crippen molar-refractivity contribution in [3.05, 3.63) is 36.0 Å². The van der Waals surface area contributed by atoms with Gasteiger partial charge in [0.1, 0.15) is 6.67 Å². The van der Waals surface area contributed by atoms with Gasteiger partial charge in [0, 0.05) is 5.57 Å². The van der Waals surface area contributed by atoms with E-state index in [1.807, 2.05) is 6.07 Å². The van der Waals surface area contributed by atoms with Crippen molar-refractivity contribution >= 4 is 0 Å². The lowest BCUT2D eigenvalue weighted by atomic mass is 10.2. The maximum absolute atomic E-state index is 11.6. The fourth-order valence-corrected chi connectivity index (χ4v) is 0.586. The van der Waals surface area contributed by atoms with Crippen LogP contribution in [-0.4, -0.2) is 6.67 Å². The number of alkyl halides is 1. The summed E-state index contributed by atoms with van der Waals surface area (Å²) in [6, 6.07) is 1.87. The summed E-state index contributed by atoms with van der Waals surface area (Å²) in [7, 11) is 0. The van der Waals surface area contributed by atoms with Gasteiger partial charge in [-0.1, -0.05) is 24.3 Å². The molecule has 0 aliphatic heterocycles. The molecule has 0 rings (SSSR count). The smallest absolute Gasteiger partial charge is 0.108 e. The molecule has 0 aliphatic rings. The van der Waals surface area contributed by atoms with Crippen LogP contribution in [0.1, 0.15) is 6.92 Å². The molecule has 58 valence electrons. The van der Waals surface area contributed by atoms with E-state index in [2.05, 4.69) is 6.58 Å². The van der Waals surface area contributed by atoms with Gasteiger partial charge in [0.15, 0.2) is 0 Å². The molecule has 0 N–H and O–H groups in total. The van der Waals surface area contributed by atoms with Gasteiger partial charge in [0.2, 0.25) is 0 Å². The highest BCUT2D eigenvalue weighted by Crippen LogP contribution is 2.00. The quantitative estimate of drug-likeness (QED) is 0.449. The van der Waals surface area contributed by atoms with Gasteiger partial charge < -0.3 is 0 Å². The van der Waals surface area contributed by atoms with Crippen LogP contribution >= 0.6 is 0 Å². The van der Waals surface area contributed by atoms with Crippen LogP contribution in [0.3, 0.4) is 0 Å². The highest BCUT2D eigenvalue weighted by Gasteiger charge is 1.84. The zero-order valence-corrected chi connectivity index (χ0v) is 6.47. The summed E-state index contributed by atoms with van der Waals surface area (Å²) in [6.45, 7) is 4.76. The molecule has 0 heterocycles. The Morgan fingerprint density at radius 2 is 2.36 bits per heavy atom. The molecular formula is C9H10FN. The second kappa shape index (κ2) is 5.43. The summed E-state index contributed by atoms with van der Waals surface area (Å²) >= 11 is 0. The summed E-state index contributed by atoms with van der Waals surface area (Å²) in [6.07, 6.45) is 4.60. The molecule has 0 saturated heterocycles. The van der Waals surface area contributed by atoms with Crippen molar-refractivity contribution in [1.29, 1.82) is 5.26 Å². The van der Waals surface area contributed by atoms with Gasteiger partial charge in [-0.05, 0) is 13.0 Å². The number of rotatable bonds is 3. The van der Waals surface area contributed by atoms with Crippen LogP contribution in [0.2, 0.25) is 0 Å². The molecular weight excluding hydrogens is 141 g/mol. The second-order valence-corrected chi connectivity index (χ2v) is 2.08. The van der Waals surface area contributed by atoms with Crippen molar-refractivity contribution < 1.29 is 4.39 Å². The van der Waals surface area contributed by atoms with Gasteiger partial charge in [-0.2, -0.15) is 5.26 Å². The Kier molecular flexibility index (Phi) is 4.76. The van der Waals surface area contributed by atoms with E-state index >= 15 is 0 Å². The molecule has 0 spiro atoms. The van der Waals surface area contributed by atoms with E-state index in [4.69, 9.17) is 5.26 Å². The van der Waals surface area contributed by atoms with Crippen LogP contribution in [0, 0.1) is 11.3 Å². The Morgan fingerprint density at radius 3 is 2.82 bits per heavy atom. The van der Waals surface area contributed by atoms with E-state index in [1.54, 1.807) is 19.1 Å². The summed E-state index contributed by atoms with van der Waals surface area (Å²) in [5, 5.41) is 8.32. The average molecular weight is 151 g/mol. The first-order valence-corrected chi connectivity index (χ1v) is 3.20. The fourth-order valence-electron chi connectivity index (χ4n) is 0.586. The number of hydrogen-bond donors (Lipinski definition) is 0. The standard InChI is InChI=1S/C9H10FN/c1-8(4-3-5-10)6-9(2)7-11/h3-4,6H,2,5H2,1H3/b4-3-,8-6-. The SMILES string of the molecule is C=C(C#N)/C=C(C)\C=C/CF. The molecule has 11 heavy (non-hydrogen) atoms. The Hall–Kier alpha value is -1.36. The molecule has 2 heteroatoms. The van der Waals surface area contributed by atoms with Crippen LogP contribution in [-0.2, 0) is 0 Å². The van der Waals surface area contributed by atoms with Gasteiger partial charge in [0.05, 0.1) is 6.07 Å². The van der Waals surface area contributed by atoms with E-state index in [0.717, 1.165) is 5.57 Å². The Balaban J connectivity index is 4.14. The summed E-state index contributed by atoms with van der Waals surface area (Å²) < 4.78 is 11.6. The van der Waals surface area contributed by atoms with Gasteiger partial charge in [0.25, 0.3) is 0 Å². The van der Waals surface area contributed by atoms with Crippen LogP contribution in [0.4, 0.5) is 4.39 Å². The van der Waals surface area contributed by atoms with E-state index < -0.39 is 6.67 Å². The average Bonchev–Trinajstić information content (AvgIpc) is 2.00. The number of allylic oxidation sites excluding steroid dienone is 5. The highest BCUT2D eigenvalue weighted by molar-refractivity contribution is 5.35. The fraction of sp³-hybridized carbons (Fsp3) is 0.222. The molecule has 0 aromatic rings. The Morgan fingerprint density at radius 1 is 1.73 bits per heavy atom. The molecule has 0 aromatic carbocycles. The number of hydrogen-bond acceptors (Lipinski definition) is 1. The normalized spacial score (nSPS) is 11.5. The largest absolute Gasteiger partial charge is 0.247 e. The summed E-state index contributed by atoms with van der Waals surface area (Å²) in [5.74, 6) is 0. The van der Waals surface area contributed by atoms with E-state index in [9.17, 15) is 4.39 Å². The maximum atomic E-state index is 11.6. The van der Waals surface area contributed by atoms with Crippen molar-refractivity contribution in [3.63, 3.8) is 0 Å². The minimum absolute atomic E-state index is 0.381. The molecule has 0 aliphatic carbocycles. The maximum Gasteiger partial charge on any atom is 0.108 e. The third kappa shape index (κ3) is 5.10. The zero-order valence-electron chi connectivity index (χ0n) is 6.47. The van der Waals surface area contributed by atoms with Crippen LogP contribution < -0.4 is 0 Å². The topological polar surface area (TPSA) is 23.8 Å². The van der Waals surface area contributed by atoms with Crippen molar-refractivity contribution in [2.24, 2.45) is 0 Å². The number of nitrogens with zero attached hydrogens (tertiary/aromatic N) is 1. The first-order valence-electron chi connectivity index (χ1n) is 3.20. The number of halogens is 1. The van der Waals surface area contributed by atoms with Crippen molar-refractivity contribution in [2.75, 3.05) is 6.67 Å². The third-order valence-corrected chi connectivity index (χ3v) is 1.02. The first-order chi connectivity index (χ1) is 5.20. The minimum Gasteiger partial charge on any atom is -0.247 e. The zero-order chi connectivity index (χ0) is 8.69. The van der Waals surface area contributed by atoms with E-state index in [0.29, 0.717) is 5.57 Å². The molecule has 0 amide bonds. The van der Waals surface area contributed by atoms with Gasteiger partial charge in [-0.25, -0.2) is 4.39 Å². The van der Waals surface area contributed by atoms with E-state index in [1.165, 1.54) is 6.08 Å². The lowest BCUT2D eigenvalue weighted by Crippen LogP contribution is -1.72. The van der Waals surface area contributed by atoms with Crippen molar-refractivity contribution in [1.82, 2.24) is 0 Å². The predicted molar refractivity (Wildman–Crippen MR) is 43.6 cm³/mol. The monoisotopic (exact) mass is 151 g/mol. The van der Waals surface area contributed by atoms with Gasteiger partial charge >= 0.3 is 0 Å². The molecule has 0 fully saturated rings. The molecule has 0 saturated carbocycles. The Bertz CT molecular complexity index is 230. The van der Waals surface area contributed by atoms with Crippen LogP contribution in [0.25, 0.3) is 0 Å². The molecule has 0 unspecified atom stereocenters. The Labute approximate surface area is 66.1 Å². The van der Waals surface area contributed by atoms with Crippen LogP contribution in [0.5, 0.6) is 0 Å². The molecule has 0 aromatic heterocycles. The van der Waals surface area contributed by atoms with E-state index in [-0.39, 0.29) is 0 Å². The lowest BCUT2D eigenvalue weighted by molar-refractivity contribution is 0.561. The second-order valence-electron chi connectivity index (χ2n) is 2.08. The summed E-state index contributed by atoms with van der Waals surface area (Å²) in [4.78, 5) is 0. The van der Waals surface area contributed by atoms with Gasteiger partial charge in [-0.3, -0.25) is 0 Å². The number of nitriles is 1. The third-order valence-electron chi connectivity index (χ3n) is 1.02. The van der Waals surface area contributed by atoms with Crippen molar-refractivity contribution in [2.45, 2.75) is 6.92 Å². The first kappa shape index (κ1) is 9.64. The molecule has 1 nitrogen and oxygen atoms in total. The predicted octanol–water partition coefficient (Wildman–Crippen LogP) is 2.54. The van der Waals surface area contributed by atoms with Gasteiger partial charge in [-0.15, -0.1) is 0 Å². The van der Waals surface area contributed by atoms with Crippen molar-refractivity contribution in [3.8, 4) is 6.07 Å². The molecule has 0 bridgehead atoms. The molecule has 0 radical (unpaired) electrons. The summed E-state index contributed by atoms with van der Waals surface area (Å²) in [5.41, 5.74) is 1.21. The lowest BCUT2D eigenvalue weighted by Gasteiger charge is -1.88. The molecule has 0 atom stereocenters. The minimum atomic E-state index is -0.482. The highest BCUT2D eigenvalue weighted by atomic mass is 19.1. The van der Waals surface area contributed by atoms with Crippen LogP contribution in [0.15, 0.2) is 36.0 Å².